The van der Waals surface area contributed by atoms with E-state index < -0.39 is 0 Å². The number of ether oxygens (including phenoxy) is 1. The van der Waals surface area contributed by atoms with Crippen LogP contribution in [-0.2, 0) is 9.53 Å². The van der Waals surface area contributed by atoms with Crippen molar-refractivity contribution < 1.29 is 9.53 Å². The molecule has 0 aromatic rings. The van der Waals surface area contributed by atoms with E-state index in [-0.39, 0.29) is 29.9 Å². The van der Waals surface area contributed by atoms with Crippen molar-refractivity contribution in [2.45, 2.75) is 45.4 Å². The second kappa shape index (κ2) is 15.0. The van der Waals surface area contributed by atoms with E-state index in [9.17, 15) is 4.79 Å². The normalized spacial score (nSPS) is 15.1. The Morgan fingerprint density at radius 1 is 1.13 bits per heavy atom. The number of guanidine groups is 1. The van der Waals surface area contributed by atoms with Crippen LogP contribution in [0, 0.1) is 5.92 Å². The zero-order valence-corrected chi connectivity index (χ0v) is 16.9. The van der Waals surface area contributed by atoms with Crippen LogP contribution in [0.25, 0.3) is 0 Å². The highest BCUT2D eigenvalue weighted by atomic mass is 127. The van der Waals surface area contributed by atoms with Gasteiger partial charge in [-0.1, -0.05) is 12.8 Å². The van der Waals surface area contributed by atoms with E-state index in [1.165, 1.54) is 25.7 Å². The molecule has 1 amide bonds. The van der Waals surface area contributed by atoms with Gasteiger partial charge in [0.2, 0.25) is 5.91 Å². The highest BCUT2D eigenvalue weighted by Gasteiger charge is 2.17. The Balaban J connectivity index is 0.00000484. The summed E-state index contributed by atoms with van der Waals surface area (Å²) in [7, 11) is 1.75. The third-order valence-electron chi connectivity index (χ3n) is 3.87. The first-order valence-corrected chi connectivity index (χ1v) is 8.55. The fraction of sp³-hybridized carbons (Fsp3) is 0.875. The minimum Gasteiger partial charge on any atom is -0.382 e. The van der Waals surface area contributed by atoms with Gasteiger partial charge in [0.15, 0.2) is 5.96 Å². The summed E-state index contributed by atoms with van der Waals surface area (Å²) < 4.78 is 5.28. The van der Waals surface area contributed by atoms with Crippen LogP contribution in [0.1, 0.15) is 45.4 Å². The molecule has 0 bridgehead atoms. The summed E-state index contributed by atoms with van der Waals surface area (Å²) in [5.74, 6) is 1.54. The van der Waals surface area contributed by atoms with Gasteiger partial charge < -0.3 is 20.7 Å². The van der Waals surface area contributed by atoms with Gasteiger partial charge in [0.05, 0.1) is 0 Å². The molecule has 0 atom stereocenters. The van der Waals surface area contributed by atoms with Gasteiger partial charge in [-0.2, -0.15) is 0 Å². The second-order valence-electron chi connectivity index (χ2n) is 5.68. The molecular formula is C16H33IN4O2. The fourth-order valence-corrected chi connectivity index (χ4v) is 2.68. The number of rotatable bonds is 10. The monoisotopic (exact) mass is 440 g/mol. The lowest BCUT2D eigenvalue weighted by Gasteiger charge is -2.13. The van der Waals surface area contributed by atoms with Gasteiger partial charge >= 0.3 is 0 Å². The third-order valence-corrected chi connectivity index (χ3v) is 3.87. The molecule has 0 aliphatic heterocycles. The summed E-state index contributed by atoms with van der Waals surface area (Å²) in [5, 5.41) is 9.38. The molecule has 1 rings (SSSR count). The predicted molar refractivity (Wildman–Crippen MR) is 105 cm³/mol. The van der Waals surface area contributed by atoms with Gasteiger partial charge in [-0.3, -0.25) is 9.79 Å². The Hall–Kier alpha value is -0.570. The molecule has 136 valence electrons. The molecule has 0 aromatic carbocycles. The SMILES string of the molecule is CCOCCCNC(=NC)NCCNC(=O)CC1CCCC1.I. The van der Waals surface area contributed by atoms with Crippen LogP contribution in [0.5, 0.6) is 0 Å². The topological polar surface area (TPSA) is 74.8 Å². The first-order valence-electron chi connectivity index (χ1n) is 8.55. The van der Waals surface area contributed by atoms with Crippen molar-refractivity contribution >= 4 is 35.8 Å². The second-order valence-corrected chi connectivity index (χ2v) is 5.68. The first-order chi connectivity index (χ1) is 10.8. The highest BCUT2D eigenvalue weighted by Crippen LogP contribution is 2.27. The lowest BCUT2D eigenvalue weighted by atomic mass is 10.0. The van der Waals surface area contributed by atoms with Crippen molar-refractivity contribution in [1.29, 1.82) is 0 Å². The number of carbonyl (C=O) groups excluding carboxylic acids is 1. The van der Waals surface area contributed by atoms with E-state index in [0.29, 0.717) is 25.4 Å². The largest absolute Gasteiger partial charge is 0.382 e. The lowest BCUT2D eigenvalue weighted by Crippen LogP contribution is -2.42. The average Bonchev–Trinajstić information content (AvgIpc) is 3.02. The van der Waals surface area contributed by atoms with Crippen LogP contribution in [-0.4, -0.2) is 51.8 Å². The maximum absolute atomic E-state index is 11.8. The van der Waals surface area contributed by atoms with Crippen LogP contribution in [0.4, 0.5) is 0 Å². The lowest BCUT2D eigenvalue weighted by molar-refractivity contribution is -0.121. The zero-order chi connectivity index (χ0) is 16.0. The maximum atomic E-state index is 11.8. The highest BCUT2D eigenvalue weighted by molar-refractivity contribution is 14.0. The summed E-state index contributed by atoms with van der Waals surface area (Å²) in [5.41, 5.74) is 0. The number of hydrogen-bond acceptors (Lipinski definition) is 3. The molecule has 3 N–H and O–H groups in total. The molecule has 23 heavy (non-hydrogen) atoms. The maximum Gasteiger partial charge on any atom is 0.220 e. The van der Waals surface area contributed by atoms with E-state index in [1.807, 2.05) is 6.92 Å². The first kappa shape index (κ1) is 22.4. The number of halogens is 1. The molecule has 7 heteroatoms. The van der Waals surface area contributed by atoms with Gasteiger partial charge in [0.25, 0.3) is 0 Å². The molecule has 0 saturated heterocycles. The number of nitrogens with one attached hydrogen (secondary N) is 3. The average molecular weight is 440 g/mol. The molecule has 0 unspecified atom stereocenters. The predicted octanol–water partition coefficient (Wildman–Crippen LogP) is 1.89. The van der Waals surface area contributed by atoms with Crippen molar-refractivity contribution in [1.82, 2.24) is 16.0 Å². The summed E-state index contributed by atoms with van der Waals surface area (Å²) in [6.07, 6.45) is 6.63. The Morgan fingerprint density at radius 2 is 1.78 bits per heavy atom. The smallest absolute Gasteiger partial charge is 0.220 e. The van der Waals surface area contributed by atoms with E-state index in [1.54, 1.807) is 7.05 Å². The van der Waals surface area contributed by atoms with E-state index in [0.717, 1.165) is 32.1 Å². The number of aliphatic imine (C=N–C) groups is 1. The Morgan fingerprint density at radius 3 is 2.43 bits per heavy atom. The Labute approximate surface area is 157 Å². The molecular weight excluding hydrogens is 407 g/mol. The van der Waals surface area contributed by atoms with Crippen molar-refractivity contribution in [3.8, 4) is 0 Å². The van der Waals surface area contributed by atoms with Crippen LogP contribution < -0.4 is 16.0 Å². The van der Waals surface area contributed by atoms with Crippen LogP contribution in [0.2, 0.25) is 0 Å². The zero-order valence-electron chi connectivity index (χ0n) is 14.5. The van der Waals surface area contributed by atoms with Gasteiger partial charge in [0.1, 0.15) is 0 Å². The van der Waals surface area contributed by atoms with E-state index in [2.05, 4.69) is 20.9 Å². The molecule has 1 aliphatic carbocycles. The van der Waals surface area contributed by atoms with Gasteiger partial charge in [0, 0.05) is 46.3 Å². The molecule has 6 nitrogen and oxygen atoms in total. The molecule has 0 heterocycles. The van der Waals surface area contributed by atoms with Gasteiger partial charge in [-0.15, -0.1) is 24.0 Å². The van der Waals surface area contributed by atoms with Crippen LogP contribution in [0.3, 0.4) is 0 Å². The summed E-state index contributed by atoms with van der Waals surface area (Å²) in [4.78, 5) is 15.9. The standard InChI is InChI=1S/C16H32N4O2.HI/c1-3-22-12-6-9-19-16(17-2)20-11-10-18-15(21)13-14-7-4-5-8-14;/h14H,3-13H2,1-2H3,(H,18,21)(H2,17,19,20);1H. The van der Waals surface area contributed by atoms with Crippen molar-refractivity contribution in [3.63, 3.8) is 0 Å². The van der Waals surface area contributed by atoms with Crippen molar-refractivity contribution in [3.05, 3.63) is 0 Å². The summed E-state index contributed by atoms with van der Waals surface area (Å²) >= 11 is 0. The third kappa shape index (κ3) is 11.6. The minimum atomic E-state index is 0. The fourth-order valence-electron chi connectivity index (χ4n) is 2.68. The van der Waals surface area contributed by atoms with Crippen LogP contribution in [0.15, 0.2) is 4.99 Å². The molecule has 0 aromatic heterocycles. The van der Waals surface area contributed by atoms with Crippen LogP contribution >= 0.6 is 24.0 Å². The van der Waals surface area contributed by atoms with E-state index >= 15 is 0 Å². The molecule has 0 radical (unpaired) electrons. The number of amides is 1. The quantitative estimate of drug-likeness (QED) is 0.210. The number of carbonyl (C=O) groups is 1. The van der Waals surface area contributed by atoms with Crippen molar-refractivity contribution in [2.24, 2.45) is 10.9 Å². The molecule has 0 spiro atoms. The Bertz CT molecular complexity index is 334. The summed E-state index contributed by atoms with van der Waals surface area (Å²) in [6, 6.07) is 0. The van der Waals surface area contributed by atoms with Gasteiger partial charge in [-0.25, -0.2) is 0 Å². The molecule has 1 aliphatic rings. The summed E-state index contributed by atoms with van der Waals surface area (Å²) in [6.45, 7) is 5.65. The molecule has 1 fully saturated rings. The number of nitrogens with zero attached hydrogens (tertiary/aromatic N) is 1. The number of hydrogen-bond donors (Lipinski definition) is 3. The van der Waals surface area contributed by atoms with Crippen molar-refractivity contribution in [2.75, 3.05) is 39.9 Å². The minimum absolute atomic E-state index is 0. The van der Waals surface area contributed by atoms with Gasteiger partial charge in [-0.05, 0) is 32.1 Å². The van der Waals surface area contributed by atoms with E-state index in [4.69, 9.17) is 4.74 Å². The Kier molecular flexibility index (Phi) is 14.6. The molecule has 1 saturated carbocycles.